The second-order valence-corrected chi connectivity index (χ2v) is 11.6. The van der Waals surface area contributed by atoms with E-state index in [0.717, 1.165) is 55.9 Å². The number of carboxylic acids is 1. The first-order chi connectivity index (χ1) is 18.7. The minimum absolute atomic E-state index is 0.130. The van der Waals surface area contributed by atoms with Gasteiger partial charge in [-0.2, -0.15) is 0 Å². The number of carbonyl (C=O) groups excluding carboxylic acids is 1. The van der Waals surface area contributed by atoms with Gasteiger partial charge in [0, 0.05) is 38.1 Å². The highest BCUT2D eigenvalue weighted by molar-refractivity contribution is 5.91. The second-order valence-electron chi connectivity index (χ2n) is 11.6. The van der Waals surface area contributed by atoms with Crippen molar-refractivity contribution in [3.8, 4) is 11.5 Å². The van der Waals surface area contributed by atoms with E-state index in [1.54, 1.807) is 26.2 Å². The van der Waals surface area contributed by atoms with Gasteiger partial charge >= 0.3 is 0 Å². The predicted molar refractivity (Wildman–Crippen MR) is 160 cm³/mol. The molecule has 0 heterocycles. The lowest BCUT2D eigenvalue weighted by molar-refractivity contribution is -0.134. The Morgan fingerprint density at radius 1 is 1.10 bits per heavy atom. The molecular formula is C33H47NO6. The molecule has 0 aliphatic heterocycles. The van der Waals surface area contributed by atoms with Crippen molar-refractivity contribution in [2.45, 2.75) is 91.3 Å². The van der Waals surface area contributed by atoms with Crippen LogP contribution in [0, 0.1) is 12.3 Å². The Morgan fingerprint density at radius 2 is 1.68 bits per heavy atom. The highest BCUT2D eigenvalue weighted by Gasteiger charge is 2.39. The highest BCUT2D eigenvalue weighted by atomic mass is 16.5. The monoisotopic (exact) mass is 553 g/mol. The van der Waals surface area contributed by atoms with Gasteiger partial charge in [-0.15, -0.1) is 0 Å². The number of carbonyl (C=O) groups is 2. The van der Waals surface area contributed by atoms with Crippen LogP contribution in [0.25, 0.3) is 6.08 Å². The molecule has 1 aliphatic carbocycles. The van der Waals surface area contributed by atoms with Crippen molar-refractivity contribution in [2.24, 2.45) is 5.41 Å². The number of aromatic hydroxyl groups is 1. The summed E-state index contributed by atoms with van der Waals surface area (Å²) in [6.07, 6.45) is 7.15. The molecule has 3 rings (SSSR count). The lowest BCUT2D eigenvalue weighted by atomic mass is 9.70. The fourth-order valence-electron chi connectivity index (χ4n) is 5.46. The quantitative estimate of drug-likeness (QED) is 0.330. The average Bonchev–Trinajstić information content (AvgIpc) is 2.88. The van der Waals surface area contributed by atoms with Gasteiger partial charge in [-0.3, -0.25) is 9.59 Å². The molecule has 2 aromatic carbocycles. The lowest BCUT2D eigenvalue weighted by Crippen LogP contribution is -2.46. The van der Waals surface area contributed by atoms with Gasteiger partial charge in [0.1, 0.15) is 17.6 Å². The van der Waals surface area contributed by atoms with Crippen molar-refractivity contribution in [1.82, 2.24) is 4.90 Å². The predicted octanol–water partition coefficient (Wildman–Crippen LogP) is 6.32. The van der Waals surface area contributed by atoms with Crippen LogP contribution in [0.2, 0.25) is 0 Å². The molecule has 0 saturated heterocycles. The molecule has 40 heavy (non-hydrogen) atoms. The van der Waals surface area contributed by atoms with Gasteiger partial charge in [0.25, 0.3) is 5.97 Å². The number of benzene rings is 2. The van der Waals surface area contributed by atoms with E-state index in [9.17, 15) is 15.0 Å². The average molecular weight is 554 g/mol. The third kappa shape index (κ3) is 7.87. The minimum Gasteiger partial charge on any atom is -0.507 e. The van der Waals surface area contributed by atoms with Crippen molar-refractivity contribution in [3.63, 3.8) is 0 Å². The van der Waals surface area contributed by atoms with Crippen molar-refractivity contribution in [2.75, 3.05) is 14.1 Å². The summed E-state index contributed by atoms with van der Waals surface area (Å²) in [7, 11) is 3.40. The number of aliphatic hydroxyl groups is 1. The Labute approximate surface area is 239 Å². The van der Waals surface area contributed by atoms with Crippen LogP contribution in [0.1, 0.15) is 89.0 Å². The topological polar surface area (TPSA) is 107 Å². The molecule has 1 amide bonds. The zero-order chi connectivity index (χ0) is 30.3. The van der Waals surface area contributed by atoms with Crippen molar-refractivity contribution < 1.29 is 29.6 Å². The summed E-state index contributed by atoms with van der Waals surface area (Å²) in [5, 5.41) is 28.7. The van der Waals surface area contributed by atoms with E-state index in [0.29, 0.717) is 5.56 Å². The molecule has 2 atom stereocenters. The molecule has 1 fully saturated rings. The van der Waals surface area contributed by atoms with E-state index in [1.807, 2.05) is 18.2 Å². The van der Waals surface area contributed by atoms with Crippen molar-refractivity contribution in [3.05, 3.63) is 64.7 Å². The van der Waals surface area contributed by atoms with Gasteiger partial charge in [0.05, 0.1) is 6.10 Å². The van der Waals surface area contributed by atoms with E-state index in [-0.39, 0.29) is 28.6 Å². The van der Waals surface area contributed by atoms with Crippen molar-refractivity contribution >= 4 is 18.0 Å². The van der Waals surface area contributed by atoms with Crippen molar-refractivity contribution in [1.29, 1.82) is 0 Å². The molecule has 0 aromatic heterocycles. The number of hydrogen-bond acceptors (Lipinski definition) is 5. The zero-order valence-electron chi connectivity index (χ0n) is 25.3. The fourth-order valence-corrected chi connectivity index (χ4v) is 5.46. The van der Waals surface area contributed by atoms with Gasteiger partial charge in [-0.1, -0.05) is 45.9 Å². The Balaban J connectivity index is 0.00000131. The Kier molecular flexibility index (Phi) is 11.4. The lowest BCUT2D eigenvalue weighted by Gasteiger charge is -2.40. The van der Waals surface area contributed by atoms with E-state index < -0.39 is 12.1 Å². The van der Waals surface area contributed by atoms with Crippen LogP contribution in [-0.4, -0.2) is 58.4 Å². The first-order valence-corrected chi connectivity index (χ1v) is 14.1. The van der Waals surface area contributed by atoms with Crippen LogP contribution in [0.5, 0.6) is 11.5 Å². The maximum Gasteiger partial charge on any atom is 0.300 e. The summed E-state index contributed by atoms with van der Waals surface area (Å²) in [5.74, 6) is 0.00409. The van der Waals surface area contributed by atoms with Gasteiger partial charge in [-0.25, -0.2) is 0 Å². The second kappa shape index (κ2) is 13.8. The summed E-state index contributed by atoms with van der Waals surface area (Å²) in [4.78, 5) is 22.5. The maximum atomic E-state index is 12.0. The van der Waals surface area contributed by atoms with Crippen LogP contribution in [-0.2, 0) is 15.0 Å². The molecule has 2 unspecified atom stereocenters. The molecule has 7 nitrogen and oxygen atoms in total. The summed E-state index contributed by atoms with van der Waals surface area (Å²) in [5.41, 5.74) is 3.56. The standard InChI is InChI=1S/C31H43NO4.C2H4O2/c1-8-31(9-2,24-13-15-25(33)22(20-24)12-17-28(34)32(6)7)23-14-16-26(21(3)19-23)36-27-11-10-18-30(4,5)29(27)35;1-2(3)4/h12-17,19-20,27,29,33,35H,8-11,18H2,1-7H3;1H3,(H,3,4)/b17-12+;. The number of amides is 1. The normalized spacial score (nSPS) is 18.5. The number of aliphatic hydroxyl groups excluding tert-OH is 1. The first kappa shape index (κ1) is 32.9. The highest BCUT2D eigenvalue weighted by Crippen LogP contribution is 2.43. The Hall–Kier alpha value is -3.32. The van der Waals surface area contributed by atoms with E-state index in [1.165, 1.54) is 16.5 Å². The molecule has 0 radical (unpaired) electrons. The number of aliphatic carboxylic acids is 1. The summed E-state index contributed by atoms with van der Waals surface area (Å²) < 4.78 is 6.36. The number of phenols is 1. The molecule has 7 heteroatoms. The van der Waals surface area contributed by atoms with E-state index in [2.05, 4.69) is 46.8 Å². The number of nitrogens with zero attached hydrogens (tertiary/aromatic N) is 1. The SMILES string of the molecule is CC(=O)O.CCC(CC)(c1ccc(OC2CCCC(C)(C)C2O)c(C)c1)c1ccc(O)c(/C=C/C(=O)N(C)C)c1. The molecule has 0 bridgehead atoms. The molecule has 1 saturated carbocycles. The Bertz CT molecular complexity index is 1190. The molecule has 2 aromatic rings. The molecule has 0 spiro atoms. The summed E-state index contributed by atoms with van der Waals surface area (Å²) in [6.45, 7) is 11.7. The number of hydrogen-bond donors (Lipinski definition) is 3. The minimum atomic E-state index is -0.833. The molecule has 3 N–H and O–H groups in total. The van der Waals surface area contributed by atoms with Gasteiger partial charge < -0.3 is 25.0 Å². The maximum absolute atomic E-state index is 12.0. The van der Waals surface area contributed by atoms with Crippen LogP contribution < -0.4 is 4.74 Å². The smallest absolute Gasteiger partial charge is 0.300 e. The Morgan fingerprint density at radius 3 is 2.23 bits per heavy atom. The first-order valence-electron chi connectivity index (χ1n) is 14.1. The molecule has 220 valence electrons. The molecular weight excluding hydrogens is 506 g/mol. The number of phenolic OH excluding ortho intramolecular Hbond substituents is 1. The van der Waals surface area contributed by atoms with Crippen LogP contribution in [0.4, 0.5) is 0 Å². The van der Waals surface area contributed by atoms with Gasteiger partial charge in [0.2, 0.25) is 5.91 Å². The number of carboxylic acid groups (broad SMARTS) is 1. The third-order valence-electron chi connectivity index (χ3n) is 8.10. The molecule has 1 aliphatic rings. The third-order valence-corrected chi connectivity index (χ3v) is 8.10. The number of rotatable bonds is 8. The number of ether oxygens (including phenoxy) is 1. The van der Waals surface area contributed by atoms with Crippen LogP contribution in [0.15, 0.2) is 42.5 Å². The van der Waals surface area contributed by atoms with E-state index >= 15 is 0 Å². The fraction of sp³-hybridized carbons (Fsp3) is 0.515. The zero-order valence-corrected chi connectivity index (χ0v) is 25.3. The summed E-state index contributed by atoms with van der Waals surface area (Å²) in [6, 6.07) is 12.0. The largest absolute Gasteiger partial charge is 0.507 e. The summed E-state index contributed by atoms with van der Waals surface area (Å²) >= 11 is 0. The van der Waals surface area contributed by atoms with E-state index in [4.69, 9.17) is 14.6 Å². The number of likely N-dealkylation sites (N-methyl/N-ethyl adjacent to an activating group) is 1. The van der Waals surface area contributed by atoms with Crippen LogP contribution in [0.3, 0.4) is 0 Å². The van der Waals surface area contributed by atoms with Gasteiger partial charge in [-0.05, 0) is 85.4 Å². The number of aryl methyl sites for hydroxylation is 1. The van der Waals surface area contributed by atoms with Crippen LogP contribution >= 0.6 is 0 Å². The van der Waals surface area contributed by atoms with Gasteiger partial charge in [0.15, 0.2) is 0 Å².